The zero-order chi connectivity index (χ0) is 45.9. The Hall–Kier alpha value is -0.810. The molecular weight excluding hydrogens is 1040 g/mol. The minimum atomic E-state index is -4.33. The molecule has 8 rings (SSSR count). The molecule has 0 radical (unpaired) electrons. The normalized spacial score (nSPS) is 38.0. The van der Waals surface area contributed by atoms with Crippen LogP contribution >= 0.6 is 0 Å². The number of hydrogen-bond acceptors (Lipinski definition) is 16. The average molecular weight is 1100 g/mol. The summed E-state index contributed by atoms with van der Waals surface area (Å²) < 4.78 is 131. The third kappa shape index (κ3) is 8.94. The van der Waals surface area contributed by atoms with E-state index < -0.39 is 85.1 Å². The molecule has 0 N–H and O–H groups in total. The second-order valence-corrected chi connectivity index (χ2v) is 27.1. The molecule has 0 spiro atoms. The van der Waals surface area contributed by atoms with Gasteiger partial charge >= 0.3 is 25.8 Å². The molecule has 0 amide bonds. The second-order valence-electron chi connectivity index (χ2n) is 21.5. The van der Waals surface area contributed by atoms with E-state index in [0.29, 0.717) is 51.4 Å². The van der Waals surface area contributed by atoms with Crippen LogP contribution in [-0.2, 0) is 85.5 Å². The minimum Gasteiger partial charge on any atom is -0.748 e. The van der Waals surface area contributed by atoms with Crippen LogP contribution in [-0.4, -0.2) is 98.0 Å². The molecule has 0 unspecified atom stereocenters. The molecule has 8 aliphatic rings. The standard InChI is InChI=1S/4C10H16O4S.Hf/c4*1-9(2)7-3-4-10(9,8(11)5-7)6-15(12,13)14;/h4*7H,3-6H2,1-2H3,(H,12,13,14);/q;;;;+4/p-4/t4*7-,10-;/m1111./s1. The van der Waals surface area contributed by atoms with Crippen molar-refractivity contribution in [2.75, 3.05) is 23.0 Å². The molecule has 0 saturated heterocycles. The van der Waals surface area contributed by atoms with Gasteiger partial charge in [-0.25, -0.2) is 33.7 Å². The van der Waals surface area contributed by atoms with Crippen LogP contribution in [0.4, 0.5) is 0 Å². The van der Waals surface area contributed by atoms with E-state index in [-0.39, 0.29) is 94.3 Å². The van der Waals surface area contributed by atoms with Gasteiger partial charge in [0.25, 0.3) is 0 Å². The maximum Gasteiger partial charge on any atom is 4.00 e. The van der Waals surface area contributed by atoms with Crippen molar-refractivity contribution in [3.05, 3.63) is 0 Å². The Morgan fingerprint density at radius 3 is 0.607 bits per heavy atom. The number of ketones is 4. The van der Waals surface area contributed by atoms with Gasteiger partial charge in [0.05, 0.1) is 63.5 Å². The molecule has 21 heteroatoms. The van der Waals surface area contributed by atoms with E-state index in [1.165, 1.54) is 0 Å². The Balaban J connectivity index is 0.000000178. The Kier molecular flexibility index (Phi) is 14.0. The van der Waals surface area contributed by atoms with Gasteiger partial charge in [0.15, 0.2) is 0 Å². The molecule has 0 heterocycles. The number of carbonyl (C=O) groups is 4. The van der Waals surface area contributed by atoms with E-state index in [2.05, 4.69) is 0 Å². The molecule has 8 saturated carbocycles. The zero-order valence-corrected chi connectivity index (χ0v) is 43.1. The first-order chi connectivity index (χ1) is 26.8. The van der Waals surface area contributed by atoms with Crippen molar-refractivity contribution in [3.63, 3.8) is 0 Å². The van der Waals surface area contributed by atoms with Gasteiger partial charge in [-0.3, -0.25) is 19.2 Å². The van der Waals surface area contributed by atoms with Gasteiger partial charge in [0.2, 0.25) is 0 Å². The molecule has 0 aliphatic heterocycles. The summed E-state index contributed by atoms with van der Waals surface area (Å²) in [6.07, 6.45) is 7.51. The number of rotatable bonds is 8. The number of carbonyl (C=O) groups excluding carboxylic acids is 4. The van der Waals surface area contributed by atoms with Crippen LogP contribution < -0.4 is 0 Å². The smallest absolute Gasteiger partial charge is 0.748 e. The Morgan fingerprint density at radius 1 is 0.377 bits per heavy atom. The summed E-state index contributed by atoms with van der Waals surface area (Å²) in [7, 11) is -17.3. The van der Waals surface area contributed by atoms with Crippen molar-refractivity contribution < 1.29 is 96.9 Å². The third-order valence-electron chi connectivity index (χ3n) is 18.2. The molecule has 8 fully saturated rings. The van der Waals surface area contributed by atoms with Gasteiger partial charge in [-0.15, -0.1) is 0 Å². The number of Topliss-reactive ketones (excluding diaryl/α,β-unsaturated/α-hetero) is 4. The van der Waals surface area contributed by atoms with Crippen molar-refractivity contribution in [3.8, 4) is 0 Å². The van der Waals surface area contributed by atoms with Crippen molar-refractivity contribution in [1.29, 1.82) is 0 Å². The maximum atomic E-state index is 11.8. The topological polar surface area (TPSA) is 297 Å². The largest absolute Gasteiger partial charge is 4.00 e. The van der Waals surface area contributed by atoms with Crippen molar-refractivity contribution in [2.45, 2.75) is 132 Å². The summed E-state index contributed by atoms with van der Waals surface area (Å²) >= 11 is 0. The minimum absolute atomic E-state index is 0. The van der Waals surface area contributed by atoms with Crippen LogP contribution in [0.5, 0.6) is 0 Å². The SMILES string of the molecule is CC1(C)[C@@H]2CC[C@@]1(CS(=O)(=O)[O-])C(=O)C2.CC1(C)[C@@H]2CC[C@@]1(CS(=O)(=O)[O-])C(=O)C2.CC1(C)[C@@H]2CC[C@@]1(CS(=O)(=O)[O-])C(=O)C2.CC1(C)[C@@H]2CC[C@@]1(CS(=O)(=O)[O-])C(=O)C2.[Hf+4]. The van der Waals surface area contributed by atoms with E-state index in [9.17, 15) is 71.1 Å². The fraction of sp³-hybridized carbons (Fsp3) is 0.900. The summed E-state index contributed by atoms with van der Waals surface area (Å²) in [6.45, 7) is 15.3. The molecule has 0 aromatic rings. The van der Waals surface area contributed by atoms with Gasteiger partial charge in [-0.1, -0.05) is 55.4 Å². The fourth-order valence-electron chi connectivity index (χ4n) is 13.6. The first-order valence-corrected chi connectivity index (χ1v) is 26.9. The molecule has 8 bridgehead atoms. The molecular formula is C40H60HfO16S4. The van der Waals surface area contributed by atoms with Crippen LogP contribution in [0.2, 0.25) is 0 Å². The summed E-state index contributed by atoms with van der Waals surface area (Å²) in [5.74, 6) is -1.12. The first-order valence-electron chi connectivity index (χ1n) is 20.6. The van der Waals surface area contributed by atoms with Gasteiger partial charge in [0.1, 0.15) is 23.1 Å². The number of hydrogen-bond donors (Lipinski definition) is 0. The van der Waals surface area contributed by atoms with Crippen LogP contribution in [0.25, 0.3) is 0 Å². The van der Waals surface area contributed by atoms with Crippen molar-refractivity contribution >= 4 is 63.6 Å². The number of fused-ring (bicyclic) bond motifs is 8. The molecule has 344 valence electrons. The molecule has 8 atom stereocenters. The fourth-order valence-corrected chi connectivity index (χ4v) is 18.8. The van der Waals surface area contributed by atoms with Crippen molar-refractivity contribution in [1.82, 2.24) is 0 Å². The van der Waals surface area contributed by atoms with E-state index >= 15 is 0 Å². The van der Waals surface area contributed by atoms with Crippen LogP contribution in [0.3, 0.4) is 0 Å². The molecule has 8 aliphatic carbocycles. The predicted octanol–water partition coefficient (Wildman–Crippen LogP) is 3.71. The van der Waals surface area contributed by atoms with Crippen molar-refractivity contribution in [2.24, 2.45) is 67.0 Å². The molecule has 0 aromatic heterocycles. The maximum absolute atomic E-state index is 11.8. The molecule has 16 nitrogen and oxygen atoms in total. The Morgan fingerprint density at radius 2 is 0.525 bits per heavy atom. The van der Waals surface area contributed by atoms with E-state index in [4.69, 9.17) is 0 Å². The van der Waals surface area contributed by atoms with E-state index in [0.717, 1.165) is 25.7 Å². The summed E-state index contributed by atoms with van der Waals surface area (Å²) in [6, 6.07) is 0. The Labute approximate surface area is 380 Å². The average Bonchev–Trinajstić information content (AvgIpc) is 3.79. The van der Waals surface area contributed by atoms with Gasteiger partial charge < -0.3 is 18.2 Å². The predicted molar refractivity (Wildman–Crippen MR) is 213 cm³/mol. The Bertz CT molecular complexity index is 1960. The molecule has 61 heavy (non-hydrogen) atoms. The van der Waals surface area contributed by atoms with Gasteiger partial charge in [-0.05, 0) is 96.7 Å². The first kappa shape index (κ1) is 52.8. The van der Waals surface area contributed by atoms with Crippen LogP contribution in [0, 0.1) is 67.0 Å². The van der Waals surface area contributed by atoms with Gasteiger partial charge in [0, 0.05) is 47.3 Å². The summed E-state index contributed by atoms with van der Waals surface area (Å²) in [4.78, 5) is 47.4. The zero-order valence-electron chi connectivity index (χ0n) is 36.3. The quantitative estimate of drug-likeness (QED) is 0.247. The molecule has 0 aromatic carbocycles. The van der Waals surface area contributed by atoms with Crippen LogP contribution in [0.1, 0.15) is 132 Å². The monoisotopic (exact) mass is 1100 g/mol. The third-order valence-corrected chi connectivity index (χ3v) is 21.6. The van der Waals surface area contributed by atoms with Gasteiger partial charge in [-0.2, -0.15) is 0 Å². The summed E-state index contributed by atoms with van der Waals surface area (Å²) in [5, 5.41) is 0. The summed E-state index contributed by atoms with van der Waals surface area (Å²) in [5.41, 5.74) is -4.89. The van der Waals surface area contributed by atoms with E-state index in [1.807, 2.05) is 55.4 Å². The van der Waals surface area contributed by atoms with E-state index in [1.54, 1.807) is 0 Å². The van der Waals surface area contributed by atoms with Crippen LogP contribution in [0.15, 0.2) is 0 Å². The second kappa shape index (κ2) is 16.2.